The molecule has 0 saturated carbocycles. The minimum Gasteiger partial charge on any atom is -0.497 e. The first kappa shape index (κ1) is 22.5. The van der Waals surface area contributed by atoms with Crippen LogP contribution in [0.3, 0.4) is 0 Å². The summed E-state index contributed by atoms with van der Waals surface area (Å²) in [5.41, 5.74) is 4.14. The summed E-state index contributed by atoms with van der Waals surface area (Å²) in [7, 11) is 1.65. The number of likely N-dealkylation sites (tertiary alicyclic amines) is 1. The van der Waals surface area contributed by atoms with Gasteiger partial charge in [-0.25, -0.2) is 0 Å². The van der Waals surface area contributed by atoms with Crippen molar-refractivity contribution in [3.8, 4) is 11.4 Å². The maximum atomic E-state index is 12.9. The molecule has 1 amide bonds. The molecule has 1 N–H and O–H groups in total. The zero-order chi connectivity index (χ0) is 24.0. The number of hydrazone groups is 1. The van der Waals surface area contributed by atoms with Crippen molar-refractivity contribution >= 4 is 39.9 Å². The largest absolute Gasteiger partial charge is 0.497 e. The molecule has 9 heteroatoms. The van der Waals surface area contributed by atoms with Gasteiger partial charge in [0.15, 0.2) is 11.0 Å². The number of aromatic nitrogens is 1. The Kier molecular flexibility index (Phi) is 5.81. The number of benzene rings is 1. The minimum absolute atomic E-state index is 0.0668. The van der Waals surface area contributed by atoms with Crippen LogP contribution in [0.25, 0.3) is 11.8 Å². The van der Waals surface area contributed by atoms with Gasteiger partial charge in [-0.2, -0.15) is 10.0 Å². The molecular weight excluding hydrogens is 448 g/mol. The zero-order valence-electron chi connectivity index (χ0n) is 19.8. The lowest BCUT2D eigenvalue weighted by Crippen LogP contribution is -2.36. The third-order valence-corrected chi connectivity index (χ3v) is 7.57. The Labute approximate surface area is 203 Å². The molecule has 3 aliphatic rings. The number of methoxy groups -OCH3 is 1. The first-order valence-electron chi connectivity index (χ1n) is 11.4. The second-order valence-electron chi connectivity index (χ2n) is 8.93. The Morgan fingerprint density at radius 3 is 2.53 bits per heavy atom. The number of aliphatic imine (C=N–C) groups is 1. The van der Waals surface area contributed by atoms with E-state index in [2.05, 4.69) is 26.5 Å². The molecule has 1 fully saturated rings. The number of rotatable bonds is 3. The van der Waals surface area contributed by atoms with Crippen LogP contribution in [0.4, 0.5) is 0 Å². The van der Waals surface area contributed by atoms with Gasteiger partial charge in [0.05, 0.1) is 12.7 Å². The van der Waals surface area contributed by atoms with E-state index < -0.39 is 5.91 Å². The number of carbonyl (C=O) groups is 1. The topological polar surface area (TPSA) is 86.3 Å². The molecule has 34 heavy (non-hydrogen) atoms. The smallest absolute Gasteiger partial charge is 0.283 e. The molecule has 0 aliphatic carbocycles. The maximum absolute atomic E-state index is 12.9. The molecule has 2 aromatic rings. The molecule has 0 unspecified atom stereocenters. The summed E-state index contributed by atoms with van der Waals surface area (Å²) in [4.78, 5) is 19.4. The van der Waals surface area contributed by atoms with E-state index >= 15 is 0 Å². The van der Waals surface area contributed by atoms with Crippen LogP contribution in [0.5, 0.6) is 5.75 Å². The van der Waals surface area contributed by atoms with Crippen molar-refractivity contribution in [3.63, 3.8) is 0 Å². The lowest BCUT2D eigenvalue weighted by Gasteiger charge is -2.30. The second-order valence-corrected chi connectivity index (χ2v) is 9.87. The Morgan fingerprint density at radius 2 is 1.85 bits per heavy atom. The highest BCUT2D eigenvalue weighted by molar-refractivity contribution is 8.26. The minimum atomic E-state index is -0.401. The highest BCUT2D eigenvalue weighted by Gasteiger charge is 2.38. The molecular formula is C25H28N6O2S. The molecule has 176 valence electrons. The maximum Gasteiger partial charge on any atom is 0.283 e. The third-order valence-electron chi connectivity index (χ3n) is 6.60. The Hall–Kier alpha value is -3.33. The van der Waals surface area contributed by atoms with Crippen molar-refractivity contribution in [3.05, 3.63) is 52.9 Å². The summed E-state index contributed by atoms with van der Waals surface area (Å²) in [6.07, 6.45) is 4.00. The number of nitrogens with zero attached hydrogens (tertiary/aromatic N) is 5. The number of thioether (sulfide) groups is 1. The molecule has 4 heterocycles. The summed E-state index contributed by atoms with van der Waals surface area (Å²) in [6.45, 7) is 8.18. The number of fused-ring (bicyclic) bond motifs is 1. The monoisotopic (exact) mass is 476 g/mol. The van der Waals surface area contributed by atoms with Gasteiger partial charge in [-0.05, 0) is 86.3 Å². The number of amides is 1. The van der Waals surface area contributed by atoms with Crippen molar-refractivity contribution in [1.82, 2.24) is 14.5 Å². The van der Waals surface area contributed by atoms with E-state index in [0.29, 0.717) is 5.17 Å². The van der Waals surface area contributed by atoms with Gasteiger partial charge in [0.2, 0.25) is 5.17 Å². The van der Waals surface area contributed by atoms with E-state index in [1.54, 1.807) is 13.2 Å². The number of hydrogen-bond acceptors (Lipinski definition) is 6. The average Bonchev–Trinajstić information content (AvgIpc) is 3.37. The Balaban J connectivity index is 1.44. The van der Waals surface area contributed by atoms with Crippen LogP contribution >= 0.6 is 11.8 Å². The zero-order valence-corrected chi connectivity index (χ0v) is 20.6. The molecule has 5 rings (SSSR count). The highest BCUT2D eigenvalue weighted by Crippen LogP contribution is 2.32. The molecule has 0 radical (unpaired) electrons. The summed E-state index contributed by atoms with van der Waals surface area (Å²) < 4.78 is 7.39. The molecule has 8 nitrogen and oxygen atoms in total. The van der Waals surface area contributed by atoms with Crippen LogP contribution in [0.2, 0.25) is 0 Å². The number of carbonyl (C=O) groups excluding carboxylic acids is 1. The molecule has 0 bridgehead atoms. The molecule has 0 spiro atoms. The van der Waals surface area contributed by atoms with Crippen LogP contribution in [-0.4, -0.2) is 56.8 Å². The van der Waals surface area contributed by atoms with Gasteiger partial charge >= 0.3 is 0 Å². The number of hydrogen-bond donors (Lipinski definition) is 1. The summed E-state index contributed by atoms with van der Waals surface area (Å²) in [5.74, 6) is 1.18. The van der Waals surface area contributed by atoms with Gasteiger partial charge in [-0.3, -0.25) is 10.2 Å². The quantitative estimate of drug-likeness (QED) is 0.663. The second kappa shape index (κ2) is 8.79. The highest BCUT2D eigenvalue weighted by atomic mass is 32.2. The SMILES string of the molecule is COc1ccc(-n2c(C)cc(/C=C3/C(=N)N4N=C(N5CCC(C)CC5)SC4=NC3=O)c2C)cc1. The Morgan fingerprint density at radius 1 is 1.15 bits per heavy atom. The first-order valence-corrected chi connectivity index (χ1v) is 12.3. The van der Waals surface area contributed by atoms with Crippen molar-refractivity contribution < 1.29 is 9.53 Å². The van der Waals surface area contributed by atoms with Crippen molar-refractivity contribution in [1.29, 1.82) is 5.41 Å². The summed E-state index contributed by atoms with van der Waals surface area (Å²) in [6, 6.07) is 9.87. The first-order chi connectivity index (χ1) is 16.4. The fraction of sp³-hybridized carbons (Fsp3) is 0.360. The number of nitrogens with one attached hydrogen (secondary N) is 1. The van der Waals surface area contributed by atoms with E-state index in [0.717, 1.165) is 65.4 Å². The average molecular weight is 477 g/mol. The van der Waals surface area contributed by atoms with Gasteiger partial charge in [0, 0.05) is 30.2 Å². The Bertz CT molecular complexity index is 1250. The van der Waals surface area contributed by atoms with E-state index in [1.807, 2.05) is 44.2 Å². The molecule has 1 aromatic heterocycles. The van der Waals surface area contributed by atoms with Crippen LogP contribution in [0, 0.1) is 25.2 Å². The van der Waals surface area contributed by atoms with Crippen LogP contribution in [0.1, 0.15) is 36.7 Å². The van der Waals surface area contributed by atoms with E-state index in [9.17, 15) is 4.79 Å². The van der Waals surface area contributed by atoms with Crippen LogP contribution in [0.15, 0.2) is 46.0 Å². The van der Waals surface area contributed by atoms with E-state index in [4.69, 9.17) is 10.1 Å². The van der Waals surface area contributed by atoms with Crippen molar-refractivity contribution in [2.45, 2.75) is 33.6 Å². The standard InChI is InChI=1S/C25H28N6O2S/c1-15-9-11-29(12-10-15)25-28-31-22(26)21(23(32)27-24(31)34-25)14-18-13-16(2)30(17(18)3)19-5-7-20(33-4)8-6-19/h5-8,13-15,26H,9-12H2,1-4H3/b21-14-,26-22?. The van der Waals surface area contributed by atoms with Gasteiger partial charge in [-0.15, -0.1) is 5.10 Å². The number of piperidine rings is 1. The number of aryl methyl sites for hydroxylation is 1. The van der Waals surface area contributed by atoms with Crippen molar-refractivity contribution in [2.75, 3.05) is 20.2 Å². The van der Waals surface area contributed by atoms with E-state index in [-0.39, 0.29) is 11.4 Å². The van der Waals surface area contributed by atoms with Gasteiger partial charge in [0.25, 0.3) is 5.91 Å². The van der Waals surface area contributed by atoms with Gasteiger partial charge < -0.3 is 14.2 Å². The third kappa shape index (κ3) is 3.94. The van der Waals surface area contributed by atoms with Crippen molar-refractivity contribution in [2.24, 2.45) is 16.0 Å². The van der Waals surface area contributed by atoms with Crippen LogP contribution in [-0.2, 0) is 4.79 Å². The predicted octanol–water partition coefficient (Wildman–Crippen LogP) is 4.41. The molecule has 3 aliphatic heterocycles. The lowest BCUT2D eigenvalue weighted by atomic mass is 10.00. The fourth-order valence-electron chi connectivity index (χ4n) is 4.53. The predicted molar refractivity (Wildman–Crippen MR) is 137 cm³/mol. The number of ether oxygens (including phenoxy) is 1. The molecule has 0 atom stereocenters. The number of amidine groups is 3. The lowest BCUT2D eigenvalue weighted by molar-refractivity contribution is -0.114. The molecule has 1 saturated heterocycles. The fourth-order valence-corrected chi connectivity index (χ4v) is 5.47. The normalized spacial score (nSPS) is 20.1. The summed E-state index contributed by atoms with van der Waals surface area (Å²) >= 11 is 1.38. The summed E-state index contributed by atoms with van der Waals surface area (Å²) in [5, 5.41) is 16.2. The van der Waals surface area contributed by atoms with E-state index in [1.165, 1.54) is 16.8 Å². The van der Waals surface area contributed by atoms with Gasteiger partial charge in [0.1, 0.15) is 5.75 Å². The van der Waals surface area contributed by atoms with Crippen LogP contribution < -0.4 is 4.74 Å². The van der Waals surface area contributed by atoms with Gasteiger partial charge in [-0.1, -0.05) is 6.92 Å². The molecule has 1 aromatic carbocycles.